The fourth-order valence-electron chi connectivity index (χ4n) is 2.78. The number of hydrogen-bond acceptors (Lipinski definition) is 4. The van der Waals surface area contributed by atoms with Gasteiger partial charge < -0.3 is 14.4 Å². The smallest absolute Gasteiger partial charge is 0.331 e. The Morgan fingerprint density at radius 1 is 1.13 bits per heavy atom. The van der Waals surface area contributed by atoms with Crippen LogP contribution in [0.15, 0.2) is 48.5 Å². The third-order valence-corrected chi connectivity index (χ3v) is 4.64. The molecule has 3 rings (SSSR count). The summed E-state index contributed by atoms with van der Waals surface area (Å²) in [7, 11) is 1.64. The lowest BCUT2D eigenvalue weighted by Crippen LogP contribution is -2.15. The van der Waals surface area contributed by atoms with Gasteiger partial charge in [0.05, 0.1) is 19.8 Å². The lowest BCUT2D eigenvalue weighted by molar-refractivity contribution is -0.142. The van der Waals surface area contributed by atoms with Crippen LogP contribution in [0.5, 0.6) is 5.75 Å². The van der Waals surface area contributed by atoms with Gasteiger partial charge in [-0.3, -0.25) is 0 Å². The van der Waals surface area contributed by atoms with Gasteiger partial charge in [-0.2, -0.15) is 0 Å². The molecule has 1 aliphatic heterocycles. The van der Waals surface area contributed by atoms with Crippen molar-refractivity contribution in [3.05, 3.63) is 57.7 Å². The van der Waals surface area contributed by atoms with E-state index in [1.165, 1.54) is 3.57 Å². The fourth-order valence-corrected chi connectivity index (χ4v) is 3.14. The van der Waals surface area contributed by atoms with Crippen molar-refractivity contribution in [1.29, 1.82) is 0 Å². The van der Waals surface area contributed by atoms with E-state index < -0.39 is 0 Å². The summed E-state index contributed by atoms with van der Waals surface area (Å²) in [6.45, 7) is 2.23. The van der Waals surface area contributed by atoms with Gasteiger partial charge in [-0.15, -0.1) is 0 Å². The number of ether oxygens (including phenoxy) is 2. The SMILES string of the molecule is CCOC(=O)[C@@H]1[C@H](c2ccc(I)cc2)N1c1ccc(OC)cc1. The van der Waals surface area contributed by atoms with Crippen LogP contribution >= 0.6 is 22.6 Å². The Morgan fingerprint density at radius 3 is 2.35 bits per heavy atom. The predicted molar refractivity (Wildman–Crippen MR) is 97.8 cm³/mol. The molecule has 1 saturated heterocycles. The Kier molecular flexibility index (Phi) is 4.75. The van der Waals surface area contributed by atoms with Crippen LogP contribution in [0.25, 0.3) is 0 Å². The predicted octanol–water partition coefficient (Wildman–Crippen LogP) is 3.79. The first-order valence-electron chi connectivity index (χ1n) is 7.50. The largest absolute Gasteiger partial charge is 0.497 e. The highest BCUT2D eigenvalue weighted by molar-refractivity contribution is 14.1. The molecule has 1 heterocycles. The summed E-state index contributed by atoms with van der Waals surface area (Å²) < 4.78 is 11.6. The van der Waals surface area contributed by atoms with Crippen molar-refractivity contribution in [1.82, 2.24) is 0 Å². The first-order chi connectivity index (χ1) is 11.2. The molecule has 0 aromatic heterocycles. The van der Waals surface area contributed by atoms with E-state index in [1.54, 1.807) is 7.11 Å². The Labute approximate surface area is 149 Å². The van der Waals surface area contributed by atoms with Gasteiger partial charge in [-0.05, 0) is 71.5 Å². The van der Waals surface area contributed by atoms with Crippen LogP contribution < -0.4 is 9.64 Å². The highest BCUT2D eigenvalue weighted by Crippen LogP contribution is 2.47. The molecule has 23 heavy (non-hydrogen) atoms. The van der Waals surface area contributed by atoms with E-state index in [9.17, 15) is 4.79 Å². The molecule has 5 heteroatoms. The topological polar surface area (TPSA) is 38.5 Å². The Morgan fingerprint density at radius 2 is 1.78 bits per heavy atom. The number of carbonyl (C=O) groups excluding carboxylic acids is 1. The van der Waals surface area contributed by atoms with Crippen LogP contribution in [0.1, 0.15) is 18.5 Å². The van der Waals surface area contributed by atoms with Crippen molar-refractivity contribution in [3.8, 4) is 5.75 Å². The number of hydrogen-bond donors (Lipinski definition) is 0. The number of nitrogens with zero attached hydrogens (tertiary/aromatic N) is 1. The second-order valence-corrected chi connectivity index (χ2v) is 6.54. The summed E-state index contributed by atoms with van der Waals surface area (Å²) in [4.78, 5) is 14.4. The second-order valence-electron chi connectivity index (χ2n) is 5.30. The van der Waals surface area contributed by atoms with Gasteiger partial charge in [0.2, 0.25) is 0 Å². The highest BCUT2D eigenvalue weighted by atomic mass is 127. The maximum Gasteiger partial charge on any atom is 0.331 e. The third kappa shape index (κ3) is 3.29. The van der Waals surface area contributed by atoms with Crippen LogP contribution in [0.2, 0.25) is 0 Å². The molecule has 2 atom stereocenters. The van der Waals surface area contributed by atoms with Crippen LogP contribution in [-0.2, 0) is 9.53 Å². The van der Waals surface area contributed by atoms with Gasteiger partial charge in [0.1, 0.15) is 5.75 Å². The van der Waals surface area contributed by atoms with Gasteiger partial charge >= 0.3 is 5.97 Å². The molecule has 0 radical (unpaired) electrons. The van der Waals surface area contributed by atoms with Crippen molar-refractivity contribution >= 4 is 34.2 Å². The van der Waals surface area contributed by atoms with E-state index in [2.05, 4.69) is 51.8 Å². The molecule has 0 saturated carbocycles. The van der Waals surface area contributed by atoms with Crippen LogP contribution in [0.4, 0.5) is 5.69 Å². The molecule has 0 aliphatic carbocycles. The Bertz CT molecular complexity index is 684. The summed E-state index contributed by atoms with van der Waals surface area (Å²) >= 11 is 2.28. The van der Waals surface area contributed by atoms with E-state index in [0.29, 0.717) is 6.61 Å². The van der Waals surface area contributed by atoms with E-state index in [1.807, 2.05) is 31.2 Å². The van der Waals surface area contributed by atoms with E-state index in [4.69, 9.17) is 9.47 Å². The van der Waals surface area contributed by atoms with E-state index in [-0.39, 0.29) is 18.1 Å². The molecule has 1 fully saturated rings. The molecule has 0 unspecified atom stereocenters. The van der Waals surface area contributed by atoms with Gasteiger partial charge in [0.25, 0.3) is 0 Å². The van der Waals surface area contributed by atoms with Crippen LogP contribution in [0, 0.1) is 3.57 Å². The van der Waals surface area contributed by atoms with Crippen molar-refractivity contribution < 1.29 is 14.3 Å². The van der Waals surface area contributed by atoms with E-state index in [0.717, 1.165) is 17.0 Å². The number of carbonyl (C=O) groups is 1. The van der Waals surface area contributed by atoms with Gasteiger partial charge in [0, 0.05) is 9.26 Å². The third-order valence-electron chi connectivity index (χ3n) is 3.92. The molecule has 0 N–H and O–H groups in total. The number of anilines is 1. The Balaban J connectivity index is 1.88. The molecule has 0 bridgehead atoms. The summed E-state index contributed by atoms with van der Waals surface area (Å²) in [5, 5.41) is 0. The molecule has 0 spiro atoms. The number of benzene rings is 2. The monoisotopic (exact) mass is 423 g/mol. The summed E-state index contributed by atoms with van der Waals surface area (Å²) in [5.41, 5.74) is 2.12. The maximum atomic E-state index is 12.3. The zero-order valence-electron chi connectivity index (χ0n) is 13.0. The zero-order valence-corrected chi connectivity index (χ0v) is 15.2. The molecule has 2 aromatic carbocycles. The normalized spacial score (nSPS) is 19.3. The van der Waals surface area contributed by atoms with Gasteiger partial charge in [-0.25, -0.2) is 4.79 Å². The minimum atomic E-state index is -0.261. The standard InChI is InChI=1S/C18H18INO3/c1-3-23-18(21)17-16(12-4-6-13(19)7-5-12)20(17)14-8-10-15(22-2)11-9-14/h4-11,16-17H,3H2,1-2H3/t16-,17-,20?/m0/s1. The summed E-state index contributed by atoms with van der Waals surface area (Å²) in [5.74, 6) is 0.626. The quantitative estimate of drug-likeness (QED) is 0.417. The van der Waals surface area contributed by atoms with Crippen molar-refractivity contribution in [2.75, 3.05) is 18.6 Å². The van der Waals surface area contributed by atoms with Crippen molar-refractivity contribution in [3.63, 3.8) is 0 Å². The van der Waals surface area contributed by atoms with Crippen molar-refractivity contribution in [2.24, 2.45) is 0 Å². The first kappa shape index (κ1) is 16.1. The van der Waals surface area contributed by atoms with Crippen LogP contribution in [-0.4, -0.2) is 25.7 Å². The van der Waals surface area contributed by atoms with E-state index >= 15 is 0 Å². The average Bonchev–Trinajstić information content (AvgIpc) is 3.31. The average molecular weight is 423 g/mol. The number of esters is 1. The van der Waals surface area contributed by atoms with Gasteiger partial charge in [-0.1, -0.05) is 12.1 Å². The maximum absolute atomic E-state index is 12.3. The fraction of sp³-hybridized carbons (Fsp3) is 0.278. The second kappa shape index (κ2) is 6.78. The minimum absolute atomic E-state index is 0.0273. The summed E-state index contributed by atoms with van der Waals surface area (Å²) in [6, 6.07) is 15.8. The first-order valence-corrected chi connectivity index (χ1v) is 8.58. The minimum Gasteiger partial charge on any atom is -0.497 e. The molecule has 0 amide bonds. The molecule has 2 aromatic rings. The molecular weight excluding hydrogens is 405 g/mol. The molecule has 120 valence electrons. The molecule has 4 nitrogen and oxygen atoms in total. The highest BCUT2D eigenvalue weighted by Gasteiger charge is 2.54. The lowest BCUT2D eigenvalue weighted by Gasteiger charge is -2.07. The zero-order chi connectivity index (χ0) is 16.4. The molecule has 1 aliphatic rings. The number of rotatable bonds is 5. The van der Waals surface area contributed by atoms with Crippen molar-refractivity contribution in [2.45, 2.75) is 19.0 Å². The number of halogens is 1. The summed E-state index contributed by atoms with van der Waals surface area (Å²) in [6.07, 6.45) is 0. The Hall–Kier alpha value is -1.76. The van der Waals surface area contributed by atoms with Gasteiger partial charge in [0.15, 0.2) is 6.04 Å². The van der Waals surface area contributed by atoms with Crippen LogP contribution in [0.3, 0.4) is 0 Å². The molecular formula is C18H18INO3. The number of methoxy groups -OCH3 is 1. The lowest BCUT2D eigenvalue weighted by atomic mass is 10.1.